The first kappa shape index (κ1) is 13.3. The summed E-state index contributed by atoms with van der Waals surface area (Å²) >= 11 is 3.56. The molecule has 1 unspecified atom stereocenters. The van der Waals surface area contributed by atoms with Crippen LogP contribution in [-0.4, -0.2) is 9.55 Å². The number of benzene rings is 1. The first-order valence-electron chi connectivity index (χ1n) is 6.05. The van der Waals surface area contributed by atoms with E-state index in [1.54, 1.807) is 0 Å². The number of halogens is 1. The highest BCUT2D eigenvalue weighted by Gasteiger charge is 2.11. The summed E-state index contributed by atoms with van der Waals surface area (Å²) in [5.41, 5.74) is 8.67. The van der Waals surface area contributed by atoms with Gasteiger partial charge in [-0.25, -0.2) is 4.98 Å². The second-order valence-electron chi connectivity index (χ2n) is 4.62. The lowest BCUT2D eigenvalue weighted by molar-refractivity contribution is 0.618. The molecule has 4 heteroatoms. The average Bonchev–Trinajstić information content (AvgIpc) is 2.75. The molecule has 96 valence electrons. The predicted molar refractivity (Wildman–Crippen MR) is 77.3 cm³/mol. The zero-order valence-corrected chi connectivity index (χ0v) is 12.3. The Hall–Kier alpha value is -1.13. The molecule has 1 aromatic carbocycles. The third-order valence-electron chi connectivity index (χ3n) is 3.15. The minimum absolute atomic E-state index is 0.0379. The van der Waals surface area contributed by atoms with E-state index in [2.05, 4.69) is 46.0 Å². The standard InChI is InChI=1S/C14H18BrN3/c1-10-3-4-12(15)11(9-10)13(16)5-6-14-17-7-8-18(14)2/h3-4,7-9,13H,5-6,16H2,1-2H3. The van der Waals surface area contributed by atoms with Gasteiger partial charge in [0.15, 0.2) is 0 Å². The van der Waals surface area contributed by atoms with Crippen LogP contribution in [0, 0.1) is 6.92 Å². The topological polar surface area (TPSA) is 43.8 Å². The van der Waals surface area contributed by atoms with Crippen LogP contribution in [0.5, 0.6) is 0 Å². The lowest BCUT2D eigenvalue weighted by Crippen LogP contribution is -2.13. The molecular weight excluding hydrogens is 290 g/mol. The van der Waals surface area contributed by atoms with Gasteiger partial charge in [-0.1, -0.05) is 33.6 Å². The van der Waals surface area contributed by atoms with Crippen LogP contribution in [-0.2, 0) is 13.5 Å². The van der Waals surface area contributed by atoms with E-state index in [1.165, 1.54) is 11.1 Å². The quantitative estimate of drug-likeness (QED) is 0.943. The van der Waals surface area contributed by atoms with Gasteiger partial charge in [-0.2, -0.15) is 0 Å². The highest BCUT2D eigenvalue weighted by Crippen LogP contribution is 2.25. The second kappa shape index (κ2) is 5.67. The van der Waals surface area contributed by atoms with Crippen molar-refractivity contribution < 1.29 is 0 Å². The molecule has 1 aromatic heterocycles. The van der Waals surface area contributed by atoms with Crippen molar-refractivity contribution in [2.45, 2.75) is 25.8 Å². The highest BCUT2D eigenvalue weighted by molar-refractivity contribution is 9.10. The number of imidazole rings is 1. The molecule has 0 radical (unpaired) electrons. The number of aromatic nitrogens is 2. The van der Waals surface area contributed by atoms with E-state index < -0.39 is 0 Å². The smallest absolute Gasteiger partial charge is 0.108 e. The van der Waals surface area contributed by atoms with Crippen molar-refractivity contribution in [1.82, 2.24) is 9.55 Å². The minimum Gasteiger partial charge on any atom is -0.338 e. The molecule has 0 spiro atoms. The Kier molecular flexibility index (Phi) is 4.19. The molecule has 0 aliphatic rings. The maximum absolute atomic E-state index is 6.26. The number of hydrogen-bond acceptors (Lipinski definition) is 2. The van der Waals surface area contributed by atoms with Crippen molar-refractivity contribution in [1.29, 1.82) is 0 Å². The summed E-state index contributed by atoms with van der Waals surface area (Å²) in [6, 6.07) is 6.33. The van der Waals surface area contributed by atoms with Crippen LogP contribution in [0.25, 0.3) is 0 Å². The summed E-state index contributed by atoms with van der Waals surface area (Å²) in [6.45, 7) is 2.08. The molecule has 1 atom stereocenters. The third kappa shape index (κ3) is 3.00. The number of nitrogens with two attached hydrogens (primary N) is 1. The SMILES string of the molecule is Cc1ccc(Br)c(C(N)CCc2nccn2C)c1. The van der Waals surface area contributed by atoms with Gasteiger partial charge < -0.3 is 10.3 Å². The summed E-state index contributed by atoms with van der Waals surface area (Å²) < 4.78 is 3.12. The van der Waals surface area contributed by atoms with Crippen LogP contribution < -0.4 is 5.73 Å². The Labute approximate surface area is 116 Å². The molecular formula is C14H18BrN3. The van der Waals surface area contributed by atoms with Gasteiger partial charge in [-0.05, 0) is 25.0 Å². The van der Waals surface area contributed by atoms with Gasteiger partial charge in [0.1, 0.15) is 5.82 Å². The molecule has 0 bridgehead atoms. The second-order valence-corrected chi connectivity index (χ2v) is 5.48. The molecule has 0 fully saturated rings. The number of rotatable bonds is 4. The zero-order valence-electron chi connectivity index (χ0n) is 10.7. The van der Waals surface area contributed by atoms with Crippen molar-refractivity contribution in [3.63, 3.8) is 0 Å². The van der Waals surface area contributed by atoms with E-state index in [0.717, 1.165) is 23.1 Å². The first-order chi connectivity index (χ1) is 8.58. The maximum atomic E-state index is 6.26. The lowest BCUT2D eigenvalue weighted by atomic mass is 10.0. The van der Waals surface area contributed by atoms with Crippen LogP contribution in [0.1, 0.15) is 29.4 Å². The normalized spacial score (nSPS) is 12.7. The number of nitrogens with zero attached hydrogens (tertiary/aromatic N) is 2. The van der Waals surface area contributed by atoms with Crippen LogP contribution in [0.2, 0.25) is 0 Å². The van der Waals surface area contributed by atoms with E-state index in [1.807, 2.05) is 24.0 Å². The molecule has 3 nitrogen and oxygen atoms in total. The fraction of sp³-hybridized carbons (Fsp3) is 0.357. The van der Waals surface area contributed by atoms with E-state index in [9.17, 15) is 0 Å². The first-order valence-corrected chi connectivity index (χ1v) is 6.85. The predicted octanol–water partition coefficient (Wildman–Crippen LogP) is 3.12. The molecule has 2 rings (SSSR count). The number of aryl methyl sites for hydroxylation is 3. The van der Waals surface area contributed by atoms with Gasteiger partial charge >= 0.3 is 0 Å². The van der Waals surface area contributed by atoms with Crippen LogP contribution >= 0.6 is 15.9 Å². The molecule has 0 saturated heterocycles. The summed E-state index contributed by atoms with van der Waals surface area (Å²) in [5.74, 6) is 1.08. The molecule has 0 saturated carbocycles. The van der Waals surface area contributed by atoms with Crippen molar-refractivity contribution in [3.8, 4) is 0 Å². The van der Waals surface area contributed by atoms with Gasteiger partial charge in [0.05, 0.1) is 0 Å². The monoisotopic (exact) mass is 307 g/mol. The summed E-state index contributed by atoms with van der Waals surface area (Å²) in [7, 11) is 2.01. The Balaban J connectivity index is 2.06. The Morgan fingerprint density at radius 2 is 2.22 bits per heavy atom. The van der Waals surface area contributed by atoms with Crippen LogP contribution in [0.4, 0.5) is 0 Å². The fourth-order valence-corrected chi connectivity index (χ4v) is 2.57. The van der Waals surface area contributed by atoms with Crippen molar-refractivity contribution in [3.05, 3.63) is 52.0 Å². The third-order valence-corrected chi connectivity index (χ3v) is 3.87. The Morgan fingerprint density at radius 3 is 2.89 bits per heavy atom. The molecule has 18 heavy (non-hydrogen) atoms. The molecule has 0 aliphatic heterocycles. The van der Waals surface area contributed by atoms with Crippen LogP contribution in [0.3, 0.4) is 0 Å². The fourth-order valence-electron chi connectivity index (χ4n) is 2.02. The highest BCUT2D eigenvalue weighted by atomic mass is 79.9. The van der Waals surface area contributed by atoms with Gasteiger partial charge in [0.25, 0.3) is 0 Å². The lowest BCUT2D eigenvalue weighted by Gasteiger charge is -2.14. The van der Waals surface area contributed by atoms with Crippen molar-refractivity contribution in [2.75, 3.05) is 0 Å². The van der Waals surface area contributed by atoms with Crippen LogP contribution in [0.15, 0.2) is 35.1 Å². The summed E-state index contributed by atoms with van der Waals surface area (Å²) in [5, 5.41) is 0. The Morgan fingerprint density at radius 1 is 1.44 bits per heavy atom. The van der Waals surface area contributed by atoms with Gasteiger partial charge in [-0.15, -0.1) is 0 Å². The van der Waals surface area contributed by atoms with E-state index >= 15 is 0 Å². The summed E-state index contributed by atoms with van der Waals surface area (Å²) in [4.78, 5) is 4.32. The molecule has 0 aliphatic carbocycles. The molecule has 2 N–H and O–H groups in total. The van der Waals surface area contributed by atoms with Gasteiger partial charge in [0, 0.05) is 36.4 Å². The van der Waals surface area contributed by atoms with Gasteiger partial charge in [0.2, 0.25) is 0 Å². The number of hydrogen-bond donors (Lipinski definition) is 1. The van der Waals surface area contributed by atoms with E-state index in [0.29, 0.717) is 0 Å². The Bertz CT molecular complexity index is 534. The van der Waals surface area contributed by atoms with E-state index in [4.69, 9.17) is 5.73 Å². The minimum atomic E-state index is 0.0379. The molecule has 1 heterocycles. The van der Waals surface area contributed by atoms with Gasteiger partial charge in [-0.3, -0.25) is 0 Å². The molecule has 0 amide bonds. The summed E-state index contributed by atoms with van der Waals surface area (Å²) in [6.07, 6.45) is 5.57. The van der Waals surface area contributed by atoms with Crippen molar-refractivity contribution in [2.24, 2.45) is 12.8 Å². The largest absolute Gasteiger partial charge is 0.338 e. The zero-order chi connectivity index (χ0) is 13.1. The van der Waals surface area contributed by atoms with Crippen molar-refractivity contribution >= 4 is 15.9 Å². The molecule has 2 aromatic rings. The average molecular weight is 308 g/mol. The van der Waals surface area contributed by atoms with E-state index in [-0.39, 0.29) is 6.04 Å². The maximum Gasteiger partial charge on any atom is 0.108 e.